The molecule has 0 amide bonds. The molecule has 9 heteroatoms. The number of fused-ring (bicyclic) bond motifs is 1. The molecule has 0 aliphatic carbocycles. The van der Waals surface area contributed by atoms with E-state index in [-0.39, 0.29) is 11.2 Å². The fourth-order valence-electron chi connectivity index (χ4n) is 2.33. The van der Waals surface area contributed by atoms with Crippen LogP contribution >= 0.6 is 0 Å². The molecule has 2 aromatic rings. The van der Waals surface area contributed by atoms with Crippen LogP contribution in [0.4, 0.5) is 0 Å². The van der Waals surface area contributed by atoms with Crippen LogP contribution in [-0.2, 0) is 4.74 Å². The summed E-state index contributed by atoms with van der Waals surface area (Å²) in [7, 11) is 0. The smallest absolute Gasteiger partial charge is 0.279 e. The Labute approximate surface area is 112 Å². The first-order valence-electron chi connectivity index (χ1n) is 6.09. The van der Waals surface area contributed by atoms with Gasteiger partial charge in [-0.15, -0.1) is 0 Å². The summed E-state index contributed by atoms with van der Waals surface area (Å²) < 4.78 is 6.76. The molecule has 4 atom stereocenters. The molecule has 1 aliphatic heterocycles. The summed E-state index contributed by atoms with van der Waals surface area (Å²) in [5.41, 5.74) is -0.0209. The summed E-state index contributed by atoms with van der Waals surface area (Å²) in [4.78, 5) is 22.3. The van der Waals surface area contributed by atoms with Crippen molar-refractivity contribution in [1.82, 2.24) is 19.5 Å². The van der Waals surface area contributed by atoms with Gasteiger partial charge < -0.3 is 25.0 Å². The fraction of sp³-hybridized carbons (Fsp3) is 0.545. The van der Waals surface area contributed by atoms with Crippen molar-refractivity contribution in [3.63, 3.8) is 0 Å². The number of imidazole rings is 1. The average molecular weight is 282 g/mol. The van der Waals surface area contributed by atoms with Gasteiger partial charge in [0.05, 0.1) is 12.9 Å². The molecule has 1 fully saturated rings. The summed E-state index contributed by atoms with van der Waals surface area (Å²) in [6.45, 7) is 1.20. The molecule has 108 valence electrons. The van der Waals surface area contributed by atoms with Gasteiger partial charge in [-0.2, -0.15) is 0 Å². The summed E-state index contributed by atoms with van der Waals surface area (Å²) in [5.74, 6) is 0.399. The van der Waals surface area contributed by atoms with Crippen LogP contribution in [0.15, 0.2) is 11.1 Å². The second-order valence-corrected chi connectivity index (χ2v) is 4.70. The van der Waals surface area contributed by atoms with Gasteiger partial charge in [0.25, 0.3) is 5.56 Å². The minimum absolute atomic E-state index is 0.119. The number of ether oxygens (including phenoxy) is 1. The number of aryl methyl sites for hydroxylation is 1. The SMILES string of the molecule is Cc1nc2c(ncn2[C@H]2O[C@@H](CO)[C@@H](O)[C@H]2O)c(=O)[nH]1. The minimum Gasteiger partial charge on any atom is -0.394 e. The third-order valence-electron chi connectivity index (χ3n) is 3.34. The summed E-state index contributed by atoms with van der Waals surface area (Å²) in [6, 6.07) is 0. The van der Waals surface area contributed by atoms with E-state index in [2.05, 4.69) is 15.0 Å². The van der Waals surface area contributed by atoms with Crippen molar-refractivity contribution in [3.05, 3.63) is 22.5 Å². The molecule has 0 radical (unpaired) electrons. The number of hydrogen-bond acceptors (Lipinski definition) is 7. The second-order valence-electron chi connectivity index (χ2n) is 4.70. The van der Waals surface area contributed by atoms with E-state index >= 15 is 0 Å². The summed E-state index contributed by atoms with van der Waals surface area (Å²) >= 11 is 0. The quantitative estimate of drug-likeness (QED) is 0.502. The second kappa shape index (κ2) is 4.63. The van der Waals surface area contributed by atoms with Gasteiger partial charge in [0.1, 0.15) is 24.1 Å². The Hall–Kier alpha value is -1.81. The Bertz CT molecular complexity index is 696. The van der Waals surface area contributed by atoms with E-state index in [0.717, 1.165) is 0 Å². The van der Waals surface area contributed by atoms with Gasteiger partial charge in [-0.05, 0) is 6.92 Å². The number of aliphatic hydroxyl groups is 3. The van der Waals surface area contributed by atoms with Crippen molar-refractivity contribution >= 4 is 11.2 Å². The number of rotatable bonds is 2. The normalized spacial score (nSPS) is 30.2. The van der Waals surface area contributed by atoms with Gasteiger partial charge in [0, 0.05) is 0 Å². The highest BCUT2D eigenvalue weighted by atomic mass is 16.6. The molecule has 0 aromatic carbocycles. The first kappa shape index (κ1) is 13.2. The topological polar surface area (TPSA) is 133 Å². The third-order valence-corrected chi connectivity index (χ3v) is 3.34. The van der Waals surface area contributed by atoms with Crippen LogP contribution < -0.4 is 5.56 Å². The fourth-order valence-corrected chi connectivity index (χ4v) is 2.33. The highest BCUT2D eigenvalue weighted by Gasteiger charge is 2.44. The minimum atomic E-state index is -1.24. The number of hydrogen-bond donors (Lipinski definition) is 4. The van der Waals surface area contributed by atoms with Crippen molar-refractivity contribution in [3.8, 4) is 0 Å². The predicted molar refractivity (Wildman–Crippen MR) is 65.9 cm³/mol. The molecule has 9 nitrogen and oxygen atoms in total. The van der Waals surface area contributed by atoms with E-state index in [1.54, 1.807) is 6.92 Å². The molecule has 1 saturated heterocycles. The van der Waals surface area contributed by atoms with Crippen LogP contribution in [0.5, 0.6) is 0 Å². The molecule has 3 rings (SSSR count). The Morgan fingerprint density at radius 2 is 2.20 bits per heavy atom. The molecule has 1 aliphatic rings. The van der Waals surface area contributed by atoms with Gasteiger partial charge in [-0.1, -0.05) is 0 Å². The van der Waals surface area contributed by atoms with Crippen LogP contribution in [0, 0.1) is 6.92 Å². The van der Waals surface area contributed by atoms with Crippen molar-refractivity contribution in [1.29, 1.82) is 0 Å². The molecular formula is C11H14N4O5. The maximum atomic E-state index is 11.7. The van der Waals surface area contributed by atoms with Crippen LogP contribution in [0.2, 0.25) is 0 Å². The largest absolute Gasteiger partial charge is 0.394 e. The van der Waals surface area contributed by atoms with E-state index < -0.39 is 36.7 Å². The zero-order valence-corrected chi connectivity index (χ0v) is 10.6. The summed E-state index contributed by atoms with van der Waals surface area (Å²) in [6.07, 6.45) is -3.00. The molecule has 0 bridgehead atoms. The first-order valence-corrected chi connectivity index (χ1v) is 6.09. The van der Waals surface area contributed by atoms with Gasteiger partial charge in [0.2, 0.25) is 0 Å². The molecule has 0 saturated carbocycles. The Kier molecular flexibility index (Phi) is 3.05. The lowest BCUT2D eigenvalue weighted by Gasteiger charge is -2.16. The molecular weight excluding hydrogens is 268 g/mol. The van der Waals surface area contributed by atoms with E-state index in [9.17, 15) is 15.0 Å². The lowest BCUT2D eigenvalue weighted by molar-refractivity contribution is -0.0511. The molecule has 3 heterocycles. The molecule has 0 unspecified atom stereocenters. The zero-order chi connectivity index (χ0) is 14.4. The van der Waals surface area contributed by atoms with Crippen molar-refractivity contribution in [2.24, 2.45) is 0 Å². The van der Waals surface area contributed by atoms with E-state index in [4.69, 9.17) is 9.84 Å². The van der Waals surface area contributed by atoms with E-state index in [0.29, 0.717) is 5.82 Å². The van der Waals surface area contributed by atoms with E-state index in [1.165, 1.54) is 10.9 Å². The van der Waals surface area contributed by atoms with Gasteiger partial charge >= 0.3 is 0 Å². The number of nitrogens with one attached hydrogen (secondary N) is 1. The average Bonchev–Trinajstić information content (AvgIpc) is 2.93. The van der Waals surface area contributed by atoms with Crippen molar-refractivity contribution in [2.75, 3.05) is 6.61 Å². The monoisotopic (exact) mass is 282 g/mol. The van der Waals surface area contributed by atoms with Crippen LogP contribution in [0.1, 0.15) is 12.1 Å². The number of aromatic nitrogens is 4. The number of nitrogens with zero attached hydrogens (tertiary/aromatic N) is 3. The molecule has 4 N–H and O–H groups in total. The maximum absolute atomic E-state index is 11.7. The molecule has 2 aromatic heterocycles. The number of aromatic amines is 1. The van der Waals surface area contributed by atoms with Crippen LogP contribution in [0.3, 0.4) is 0 Å². The Morgan fingerprint density at radius 1 is 1.45 bits per heavy atom. The van der Waals surface area contributed by atoms with Crippen molar-refractivity contribution < 1.29 is 20.1 Å². The Morgan fingerprint density at radius 3 is 2.85 bits per heavy atom. The van der Waals surface area contributed by atoms with Gasteiger partial charge in [-0.25, -0.2) is 9.97 Å². The van der Waals surface area contributed by atoms with Crippen LogP contribution in [-0.4, -0.2) is 59.8 Å². The first-order chi connectivity index (χ1) is 9.52. The van der Waals surface area contributed by atoms with Gasteiger partial charge in [-0.3, -0.25) is 9.36 Å². The lowest BCUT2D eigenvalue weighted by Crippen LogP contribution is -2.33. The zero-order valence-electron chi connectivity index (χ0n) is 10.6. The number of aliphatic hydroxyl groups excluding tert-OH is 3. The predicted octanol–water partition coefficient (Wildman–Crippen LogP) is -1.96. The summed E-state index contributed by atoms with van der Waals surface area (Å²) in [5, 5.41) is 28.8. The maximum Gasteiger partial charge on any atom is 0.279 e. The van der Waals surface area contributed by atoms with E-state index in [1.807, 2.05) is 0 Å². The van der Waals surface area contributed by atoms with Crippen LogP contribution in [0.25, 0.3) is 11.2 Å². The highest BCUT2D eigenvalue weighted by Crippen LogP contribution is 2.30. The molecule has 20 heavy (non-hydrogen) atoms. The third kappa shape index (κ3) is 1.83. The lowest BCUT2D eigenvalue weighted by atomic mass is 10.1. The number of H-pyrrole nitrogens is 1. The highest BCUT2D eigenvalue weighted by molar-refractivity contribution is 5.69. The van der Waals surface area contributed by atoms with Crippen molar-refractivity contribution in [2.45, 2.75) is 31.5 Å². The Balaban J connectivity index is 2.09. The van der Waals surface area contributed by atoms with Gasteiger partial charge in [0.15, 0.2) is 17.4 Å². The standard InChI is InChI=1S/C11H14N4O5/c1-4-13-9-6(10(19)14-4)12-3-15(9)11-8(18)7(17)5(2-16)20-11/h3,5,7-8,11,16-18H,2H2,1H3,(H,13,14,19)/t5-,7+,8+,11-/m0/s1. The molecule has 0 spiro atoms.